The zero-order chi connectivity index (χ0) is 61.9. The average Bonchev–Trinajstić information content (AvgIpc) is 3.50. The van der Waals surface area contributed by atoms with Gasteiger partial charge in [0.05, 0.1) is 34.4 Å². The van der Waals surface area contributed by atoms with Crippen LogP contribution < -0.4 is 0 Å². The zero-order valence-electron chi connectivity index (χ0n) is 57.6. The highest BCUT2D eigenvalue weighted by molar-refractivity contribution is 5.71. The fraction of sp³-hybridized carbons (Fsp3) is 0.908. The van der Waals surface area contributed by atoms with Gasteiger partial charge in [0, 0.05) is 12.8 Å². The number of unbranched alkanes of at least 4 members (excludes halogenated alkanes) is 52. The van der Waals surface area contributed by atoms with Crippen LogP contribution in [0.2, 0.25) is 0 Å². The second kappa shape index (κ2) is 67.7. The van der Waals surface area contributed by atoms with Gasteiger partial charge in [-0.05, 0) is 64.2 Å². The van der Waals surface area contributed by atoms with E-state index < -0.39 is 18.4 Å². The van der Waals surface area contributed by atoms with Gasteiger partial charge >= 0.3 is 17.9 Å². The summed E-state index contributed by atoms with van der Waals surface area (Å²) in [5.74, 6) is -1.98. The molecule has 0 aliphatic heterocycles. The maximum atomic E-state index is 12.9. The van der Waals surface area contributed by atoms with Crippen molar-refractivity contribution in [3.05, 3.63) is 24.3 Å². The normalized spacial score (nSPS) is 12.7. The highest BCUT2D eigenvalue weighted by Crippen LogP contribution is 2.19. The smallest absolute Gasteiger partial charge is 0.361 e. The quantitative estimate of drug-likeness (QED) is 0.0211. The minimum atomic E-state index is -1.51. The SMILES string of the molecule is CCCCCCCC/C=C\CCCCCCCCCCCC(=O)OCC(COC(OCC[N+](C)(C)C)C(=O)O)OC(=O)CCCCCCCCCCCCCCCCCCCCCCCCCCCCCCC/C=C\CCCCCCCCCC. The largest absolute Gasteiger partial charge is 0.477 e. The van der Waals surface area contributed by atoms with E-state index in [0.717, 1.165) is 38.5 Å². The number of hydrogen-bond donors (Lipinski definition) is 1. The van der Waals surface area contributed by atoms with Crippen LogP contribution in [-0.2, 0) is 33.3 Å². The molecule has 0 aromatic heterocycles. The molecular formula is C76H146NO8+. The second-order valence-corrected chi connectivity index (χ2v) is 27.0. The van der Waals surface area contributed by atoms with Gasteiger partial charge in [-0.25, -0.2) is 4.79 Å². The molecular weight excluding hydrogens is 1050 g/mol. The maximum absolute atomic E-state index is 12.9. The van der Waals surface area contributed by atoms with E-state index in [2.05, 4.69) is 38.2 Å². The van der Waals surface area contributed by atoms with Gasteiger partial charge < -0.3 is 28.5 Å². The van der Waals surface area contributed by atoms with Crippen LogP contribution in [0.1, 0.15) is 386 Å². The Bertz CT molecular complexity index is 1440. The van der Waals surface area contributed by atoms with Gasteiger partial charge in [-0.15, -0.1) is 0 Å². The van der Waals surface area contributed by atoms with Crippen LogP contribution in [0, 0.1) is 0 Å². The summed E-state index contributed by atoms with van der Waals surface area (Å²) >= 11 is 0. The van der Waals surface area contributed by atoms with Crippen LogP contribution in [0.3, 0.4) is 0 Å². The number of quaternary nitrogens is 1. The highest BCUT2D eigenvalue weighted by atomic mass is 16.7. The van der Waals surface area contributed by atoms with Crippen LogP contribution >= 0.6 is 0 Å². The van der Waals surface area contributed by atoms with Crippen LogP contribution in [0.5, 0.6) is 0 Å². The number of hydrogen-bond acceptors (Lipinski definition) is 7. The summed E-state index contributed by atoms with van der Waals surface area (Å²) in [5, 5.41) is 9.74. The molecule has 0 fully saturated rings. The monoisotopic (exact) mass is 1200 g/mol. The molecule has 0 saturated carbocycles. The third-order valence-corrected chi connectivity index (χ3v) is 17.2. The minimum absolute atomic E-state index is 0.177. The summed E-state index contributed by atoms with van der Waals surface area (Å²) in [6.45, 7) is 4.94. The van der Waals surface area contributed by atoms with Gasteiger partial charge in [-0.3, -0.25) is 9.59 Å². The van der Waals surface area contributed by atoms with Crippen molar-refractivity contribution < 1.29 is 42.9 Å². The van der Waals surface area contributed by atoms with Gasteiger partial charge in [0.2, 0.25) is 0 Å². The molecule has 502 valence electrons. The van der Waals surface area contributed by atoms with Gasteiger partial charge in [-0.1, -0.05) is 334 Å². The lowest BCUT2D eigenvalue weighted by Crippen LogP contribution is -2.40. The number of allylic oxidation sites excluding steroid dienone is 4. The van der Waals surface area contributed by atoms with Crippen molar-refractivity contribution in [2.45, 2.75) is 399 Å². The second-order valence-electron chi connectivity index (χ2n) is 27.0. The molecule has 0 spiro atoms. The molecule has 0 saturated heterocycles. The topological polar surface area (TPSA) is 108 Å². The third kappa shape index (κ3) is 69.1. The van der Waals surface area contributed by atoms with Crippen molar-refractivity contribution in [3.63, 3.8) is 0 Å². The molecule has 0 radical (unpaired) electrons. The summed E-state index contributed by atoms with van der Waals surface area (Å²) in [6, 6.07) is 0. The summed E-state index contributed by atoms with van der Waals surface area (Å²) in [7, 11) is 5.99. The van der Waals surface area contributed by atoms with Gasteiger partial charge in [-0.2, -0.15) is 0 Å². The van der Waals surface area contributed by atoms with E-state index in [1.54, 1.807) is 0 Å². The molecule has 9 nitrogen and oxygen atoms in total. The lowest BCUT2D eigenvalue weighted by molar-refractivity contribution is -0.870. The van der Waals surface area contributed by atoms with Crippen LogP contribution in [0.4, 0.5) is 0 Å². The Hall–Kier alpha value is -2.23. The Labute approximate surface area is 528 Å². The number of likely N-dealkylation sites (N-methyl/N-ethyl adjacent to an activating group) is 1. The molecule has 0 aliphatic carbocycles. The van der Waals surface area contributed by atoms with E-state index in [4.69, 9.17) is 18.9 Å². The molecule has 0 aromatic carbocycles. The number of nitrogens with zero attached hydrogens (tertiary/aromatic N) is 1. The van der Waals surface area contributed by atoms with Crippen molar-refractivity contribution in [1.82, 2.24) is 0 Å². The fourth-order valence-electron chi connectivity index (χ4n) is 11.4. The Balaban J connectivity index is 3.91. The molecule has 0 amide bonds. The Kier molecular flexibility index (Phi) is 65.9. The van der Waals surface area contributed by atoms with E-state index in [9.17, 15) is 19.5 Å². The predicted molar refractivity (Wildman–Crippen MR) is 364 cm³/mol. The summed E-state index contributed by atoms with van der Waals surface area (Å²) < 4.78 is 23.0. The number of rotatable bonds is 71. The molecule has 9 heteroatoms. The first-order valence-corrected chi connectivity index (χ1v) is 37.5. The van der Waals surface area contributed by atoms with Crippen LogP contribution in [-0.4, -0.2) is 87.4 Å². The molecule has 0 heterocycles. The van der Waals surface area contributed by atoms with Crippen molar-refractivity contribution in [2.24, 2.45) is 0 Å². The Morgan fingerprint density at radius 3 is 0.871 bits per heavy atom. The van der Waals surface area contributed by atoms with Crippen molar-refractivity contribution >= 4 is 17.9 Å². The average molecular weight is 1200 g/mol. The van der Waals surface area contributed by atoms with Gasteiger partial charge in [0.25, 0.3) is 6.29 Å². The van der Waals surface area contributed by atoms with Crippen molar-refractivity contribution in [2.75, 3.05) is 47.5 Å². The molecule has 0 rings (SSSR count). The van der Waals surface area contributed by atoms with Gasteiger partial charge in [0.1, 0.15) is 13.2 Å². The number of carboxylic acid groups (broad SMARTS) is 1. The molecule has 0 bridgehead atoms. The van der Waals surface area contributed by atoms with E-state index >= 15 is 0 Å². The predicted octanol–water partition coefficient (Wildman–Crippen LogP) is 23.4. The number of carbonyl (C=O) groups is 3. The van der Waals surface area contributed by atoms with E-state index in [-0.39, 0.29) is 38.2 Å². The Morgan fingerprint density at radius 1 is 0.341 bits per heavy atom. The molecule has 0 aliphatic rings. The molecule has 85 heavy (non-hydrogen) atoms. The number of esters is 2. The highest BCUT2D eigenvalue weighted by Gasteiger charge is 2.25. The molecule has 2 atom stereocenters. The molecule has 2 unspecified atom stereocenters. The maximum Gasteiger partial charge on any atom is 0.361 e. The molecule has 0 aromatic rings. The van der Waals surface area contributed by atoms with Crippen molar-refractivity contribution in [3.8, 4) is 0 Å². The van der Waals surface area contributed by atoms with E-state index in [0.29, 0.717) is 17.4 Å². The first-order chi connectivity index (χ1) is 41.6. The lowest BCUT2D eigenvalue weighted by Gasteiger charge is -2.25. The van der Waals surface area contributed by atoms with E-state index in [1.165, 1.54) is 321 Å². The number of carbonyl (C=O) groups excluding carboxylic acids is 2. The minimum Gasteiger partial charge on any atom is -0.477 e. The summed E-state index contributed by atoms with van der Waals surface area (Å²) in [6.07, 6.45) is 81.9. The first kappa shape index (κ1) is 82.8. The van der Waals surface area contributed by atoms with Gasteiger partial charge in [0.15, 0.2) is 6.10 Å². The van der Waals surface area contributed by atoms with E-state index in [1.807, 2.05) is 21.1 Å². The zero-order valence-corrected chi connectivity index (χ0v) is 57.6. The van der Waals surface area contributed by atoms with Crippen LogP contribution in [0.25, 0.3) is 0 Å². The standard InChI is InChI=1S/C76H145NO8/c1-6-8-10-12-14-16-18-20-22-24-26-27-28-29-30-31-32-33-34-35-36-37-38-39-40-41-42-43-44-45-46-47-49-51-53-55-57-59-61-63-65-67-74(79)85-72(71-84-76(75(80)81)82-69-68-77(3,4)5)70-83-73(78)66-64-62-60-58-56-54-52-50-48-25-23-21-19-17-15-13-11-9-7-2/h21,23-24,26,72,76H,6-20,22,25,27-71H2,1-5H3/p+1/b23-21-,26-24-. The fourth-order valence-corrected chi connectivity index (χ4v) is 11.4. The number of carboxylic acids is 1. The molecule has 1 N–H and O–H groups in total. The summed E-state index contributed by atoms with van der Waals surface area (Å²) in [4.78, 5) is 37.6. The van der Waals surface area contributed by atoms with Crippen molar-refractivity contribution in [1.29, 1.82) is 0 Å². The Morgan fingerprint density at radius 2 is 0.600 bits per heavy atom. The lowest BCUT2D eigenvalue weighted by atomic mass is 10.0. The number of aliphatic carboxylic acids is 1. The number of ether oxygens (including phenoxy) is 4. The first-order valence-electron chi connectivity index (χ1n) is 37.5. The third-order valence-electron chi connectivity index (χ3n) is 17.2. The van der Waals surface area contributed by atoms with Crippen LogP contribution in [0.15, 0.2) is 24.3 Å². The summed E-state index contributed by atoms with van der Waals surface area (Å²) in [5.41, 5.74) is 0.